The zero-order valence-corrected chi connectivity index (χ0v) is 12.3. The smallest absolute Gasteiger partial charge is 0.318 e. The van der Waals surface area contributed by atoms with Crippen molar-refractivity contribution in [1.82, 2.24) is 15.6 Å². The number of hydrogen-bond donors (Lipinski definition) is 3. The number of carbonyl (C=O) groups excluding carboxylic acids is 1. The number of nitrogens with one attached hydrogen (secondary N) is 2. The van der Waals surface area contributed by atoms with Crippen LogP contribution in [0.25, 0.3) is 0 Å². The van der Waals surface area contributed by atoms with Crippen molar-refractivity contribution in [3.05, 3.63) is 29.0 Å². The van der Waals surface area contributed by atoms with E-state index in [0.29, 0.717) is 30.5 Å². The lowest BCUT2D eigenvalue weighted by atomic mass is 10.3. The summed E-state index contributed by atoms with van der Waals surface area (Å²) in [6.45, 7) is 3.28. The van der Waals surface area contributed by atoms with Gasteiger partial charge in [0.2, 0.25) is 0 Å². The van der Waals surface area contributed by atoms with Crippen molar-refractivity contribution in [2.45, 2.75) is 26.2 Å². The molecule has 0 atom stereocenters. The summed E-state index contributed by atoms with van der Waals surface area (Å²) >= 11 is 6.02. The van der Waals surface area contributed by atoms with Crippen LogP contribution in [0.2, 0.25) is 5.02 Å². The van der Waals surface area contributed by atoms with Gasteiger partial charge in [0.25, 0.3) is 0 Å². The number of primary amides is 1. The van der Waals surface area contributed by atoms with E-state index in [4.69, 9.17) is 17.3 Å². The molecule has 0 aromatic carbocycles. The summed E-state index contributed by atoms with van der Waals surface area (Å²) in [7, 11) is 0. The van der Waals surface area contributed by atoms with Gasteiger partial charge in [-0.15, -0.1) is 0 Å². The third-order valence-corrected chi connectivity index (χ3v) is 2.86. The van der Waals surface area contributed by atoms with Gasteiger partial charge in [0.05, 0.1) is 10.7 Å². The van der Waals surface area contributed by atoms with Crippen molar-refractivity contribution in [1.29, 1.82) is 0 Å². The largest absolute Gasteiger partial charge is 0.356 e. The van der Waals surface area contributed by atoms with Gasteiger partial charge in [-0.25, -0.2) is 4.79 Å². The highest BCUT2D eigenvalue weighted by molar-refractivity contribution is 6.31. The van der Waals surface area contributed by atoms with Gasteiger partial charge >= 0.3 is 6.03 Å². The molecule has 0 unspecified atom stereocenters. The van der Waals surface area contributed by atoms with Crippen LogP contribution in [-0.4, -0.2) is 30.1 Å². The number of pyridine rings is 1. The molecule has 0 bridgehead atoms. The van der Waals surface area contributed by atoms with E-state index in [1.807, 2.05) is 0 Å². The Morgan fingerprint density at radius 3 is 3.00 bits per heavy atom. The van der Waals surface area contributed by atoms with Gasteiger partial charge in [-0.2, -0.15) is 0 Å². The van der Waals surface area contributed by atoms with Crippen molar-refractivity contribution in [2.75, 3.05) is 13.1 Å². The van der Waals surface area contributed by atoms with Crippen LogP contribution in [-0.2, 0) is 6.42 Å². The molecule has 1 heterocycles. The molecule has 110 valence electrons. The van der Waals surface area contributed by atoms with Gasteiger partial charge in [-0.05, 0) is 18.6 Å². The number of aliphatic imine (C=N–C) groups is 1. The van der Waals surface area contributed by atoms with E-state index >= 15 is 0 Å². The van der Waals surface area contributed by atoms with Crippen LogP contribution < -0.4 is 16.4 Å². The number of nitrogens with two attached hydrogens (primary N) is 1. The van der Waals surface area contributed by atoms with E-state index in [2.05, 4.69) is 27.5 Å². The highest BCUT2D eigenvalue weighted by Crippen LogP contribution is 2.11. The average molecular weight is 298 g/mol. The molecular weight excluding hydrogens is 278 g/mol. The average Bonchev–Trinajstić information content (AvgIpc) is 2.40. The minimum absolute atomic E-state index is 0.387. The maximum atomic E-state index is 10.9. The van der Waals surface area contributed by atoms with Crippen molar-refractivity contribution in [2.24, 2.45) is 10.7 Å². The van der Waals surface area contributed by atoms with Crippen LogP contribution in [0.15, 0.2) is 23.3 Å². The molecule has 2 amide bonds. The molecule has 0 aliphatic heterocycles. The number of hydrogen-bond acceptors (Lipinski definition) is 3. The van der Waals surface area contributed by atoms with Crippen molar-refractivity contribution in [3.63, 3.8) is 0 Å². The SMILES string of the molecule is CCCCN=C(NCCc1ncccc1Cl)NC(N)=O. The summed E-state index contributed by atoms with van der Waals surface area (Å²) in [5.74, 6) is 0.387. The number of unbranched alkanes of at least 4 members (excludes halogenated alkanes) is 1. The molecule has 0 saturated heterocycles. The van der Waals surface area contributed by atoms with Crippen LogP contribution in [0.1, 0.15) is 25.5 Å². The Kier molecular flexibility index (Phi) is 7.42. The predicted molar refractivity (Wildman–Crippen MR) is 80.9 cm³/mol. The molecule has 0 aliphatic carbocycles. The molecule has 1 rings (SSSR count). The normalized spacial score (nSPS) is 11.2. The Labute approximate surface area is 123 Å². The third kappa shape index (κ3) is 6.38. The summed E-state index contributed by atoms with van der Waals surface area (Å²) in [5, 5.41) is 6.12. The Hall–Kier alpha value is -1.82. The topological polar surface area (TPSA) is 92.4 Å². The van der Waals surface area contributed by atoms with E-state index in [0.717, 1.165) is 18.5 Å². The molecule has 0 spiro atoms. The maximum Gasteiger partial charge on any atom is 0.318 e. The second-order valence-corrected chi connectivity index (χ2v) is 4.59. The van der Waals surface area contributed by atoms with Crippen molar-refractivity contribution >= 4 is 23.6 Å². The number of amides is 2. The molecule has 6 nitrogen and oxygen atoms in total. The summed E-state index contributed by atoms with van der Waals surface area (Å²) < 4.78 is 0. The molecule has 20 heavy (non-hydrogen) atoms. The minimum Gasteiger partial charge on any atom is -0.356 e. The van der Waals surface area contributed by atoms with Gasteiger partial charge < -0.3 is 11.1 Å². The first-order valence-corrected chi connectivity index (χ1v) is 6.95. The van der Waals surface area contributed by atoms with Gasteiger partial charge in [0.15, 0.2) is 5.96 Å². The first-order chi connectivity index (χ1) is 9.63. The number of aromatic nitrogens is 1. The molecule has 1 aromatic rings. The number of urea groups is 1. The van der Waals surface area contributed by atoms with Crippen LogP contribution in [0.3, 0.4) is 0 Å². The second-order valence-electron chi connectivity index (χ2n) is 4.18. The van der Waals surface area contributed by atoms with Gasteiger partial charge in [-0.3, -0.25) is 15.3 Å². The van der Waals surface area contributed by atoms with E-state index in [1.54, 1.807) is 18.3 Å². The second kappa shape index (κ2) is 9.14. The number of rotatable bonds is 6. The van der Waals surface area contributed by atoms with Gasteiger partial charge in [0.1, 0.15) is 0 Å². The fraction of sp³-hybridized carbons (Fsp3) is 0.462. The van der Waals surface area contributed by atoms with E-state index in [9.17, 15) is 4.79 Å². The first kappa shape index (κ1) is 16.2. The summed E-state index contributed by atoms with van der Waals surface area (Å²) in [6, 6.07) is 2.94. The molecule has 4 N–H and O–H groups in total. The highest BCUT2D eigenvalue weighted by Gasteiger charge is 2.04. The van der Waals surface area contributed by atoms with Gasteiger partial charge in [-0.1, -0.05) is 24.9 Å². The van der Waals surface area contributed by atoms with E-state index in [1.165, 1.54) is 0 Å². The number of guanidine groups is 1. The van der Waals surface area contributed by atoms with Crippen LogP contribution >= 0.6 is 11.6 Å². The van der Waals surface area contributed by atoms with Crippen LogP contribution in [0, 0.1) is 0 Å². The Morgan fingerprint density at radius 2 is 2.35 bits per heavy atom. The minimum atomic E-state index is -0.636. The predicted octanol–water partition coefficient (Wildman–Crippen LogP) is 1.69. The van der Waals surface area contributed by atoms with Crippen molar-refractivity contribution in [3.8, 4) is 0 Å². The summed E-state index contributed by atoms with van der Waals surface area (Å²) in [4.78, 5) is 19.3. The first-order valence-electron chi connectivity index (χ1n) is 6.57. The Bertz CT molecular complexity index is 464. The zero-order chi connectivity index (χ0) is 14.8. The van der Waals surface area contributed by atoms with Crippen molar-refractivity contribution < 1.29 is 4.79 Å². The Morgan fingerprint density at radius 1 is 1.55 bits per heavy atom. The fourth-order valence-corrected chi connectivity index (χ4v) is 1.72. The molecule has 0 aliphatic rings. The van der Waals surface area contributed by atoms with Crippen LogP contribution in [0.5, 0.6) is 0 Å². The number of halogens is 1. The number of nitrogens with zero attached hydrogens (tertiary/aromatic N) is 2. The Balaban J connectivity index is 2.47. The molecular formula is C13H20ClN5O. The highest BCUT2D eigenvalue weighted by atomic mass is 35.5. The lowest BCUT2D eigenvalue weighted by Gasteiger charge is -2.10. The van der Waals surface area contributed by atoms with Gasteiger partial charge in [0, 0.05) is 25.7 Å². The summed E-state index contributed by atoms with van der Waals surface area (Å²) in [6.07, 6.45) is 4.32. The monoisotopic (exact) mass is 297 g/mol. The molecule has 7 heteroatoms. The molecule has 1 aromatic heterocycles. The lowest BCUT2D eigenvalue weighted by Crippen LogP contribution is -2.44. The fourth-order valence-electron chi connectivity index (χ4n) is 1.51. The van der Waals surface area contributed by atoms with Crippen LogP contribution in [0.4, 0.5) is 4.79 Å². The molecule has 0 radical (unpaired) electrons. The van der Waals surface area contributed by atoms with E-state index in [-0.39, 0.29) is 0 Å². The van der Waals surface area contributed by atoms with E-state index < -0.39 is 6.03 Å². The summed E-state index contributed by atoms with van der Waals surface area (Å²) in [5.41, 5.74) is 5.90. The lowest BCUT2D eigenvalue weighted by molar-refractivity contribution is 0.253. The number of carbonyl (C=O) groups is 1. The molecule has 0 fully saturated rings. The maximum absolute atomic E-state index is 10.9. The standard InChI is InChI=1S/C13H20ClN5O/c1-2-3-7-17-13(19-12(15)20)18-9-6-11-10(14)5-4-8-16-11/h4-5,8H,2-3,6-7,9H2,1H3,(H4,15,17,18,19,20). The quantitative estimate of drug-likeness (QED) is 0.424. The zero-order valence-electron chi connectivity index (χ0n) is 11.5. The molecule has 0 saturated carbocycles. The third-order valence-electron chi connectivity index (χ3n) is 2.51.